The van der Waals surface area contributed by atoms with Crippen LogP contribution in [0.1, 0.15) is 56.0 Å². The third-order valence-electron chi connectivity index (χ3n) is 5.95. The van der Waals surface area contributed by atoms with Crippen molar-refractivity contribution in [2.75, 3.05) is 19.4 Å². The fourth-order valence-electron chi connectivity index (χ4n) is 3.51. The lowest BCUT2D eigenvalue weighted by molar-refractivity contribution is -0.137. The number of rotatable bonds is 10. The van der Waals surface area contributed by atoms with E-state index in [0.717, 1.165) is 34.9 Å². The number of nitrogens with one attached hydrogen (secondary N) is 2. The van der Waals surface area contributed by atoms with Crippen molar-refractivity contribution < 1.29 is 31.9 Å². The quantitative estimate of drug-likeness (QED) is 0.212. The normalized spacial score (nSPS) is 20.4. The van der Waals surface area contributed by atoms with Crippen LogP contribution in [0.2, 0.25) is 0 Å². The molecule has 0 saturated carbocycles. The van der Waals surface area contributed by atoms with Crippen LogP contribution in [0.5, 0.6) is 0 Å². The zero-order valence-corrected chi connectivity index (χ0v) is 25.4. The number of carbonyl (C=O) groups is 3. The second-order valence-electron chi connectivity index (χ2n) is 9.73. The average molecular weight is 629 g/mol. The number of halogens is 5. The lowest BCUT2D eigenvalue weighted by Gasteiger charge is -2.19. The number of thioether (sulfide) groups is 1. The Morgan fingerprint density at radius 1 is 1.26 bits per heavy atom. The van der Waals surface area contributed by atoms with Gasteiger partial charge in [-0.15, -0.1) is 0 Å². The van der Waals surface area contributed by atoms with Gasteiger partial charge in [0.15, 0.2) is 0 Å². The Labute approximate surface area is 251 Å². The van der Waals surface area contributed by atoms with Crippen LogP contribution in [0.3, 0.4) is 0 Å². The number of benzene rings is 1. The molecule has 2 N–H and O–H groups in total. The highest BCUT2D eigenvalue weighted by atomic mass is 35.5. The van der Waals surface area contributed by atoms with Crippen molar-refractivity contribution in [3.05, 3.63) is 74.9 Å². The smallest absolute Gasteiger partial charge is 0.345 e. The first-order chi connectivity index (χ1) is 19.6. The molecule has 1 heterocycles. The maximum absolute atomic E-state index is 14.6. The first-order valence-electron chi connectivity index (χ1n) is 13.0. The lowest BCUT2D eigenvalue weighted by Crippen LogP contribution is -2.38. The monoisotopic (exact) mass is 628 g/mol. The molecule has 13 heteroatoms. The second-order valence-corrected chi connectivity index (χ2v) is 11.3. The molecule has 0 radical (unpaired) electrons. The molecule has 3 amide bonds. The van der Waals surface area contributed by atoms with Crippen molar-refractivity contribution in [1.29, 1.82) is 0 Å². The van der Waals surface area contributed by atoms with E-state index in [2.05, 4.69) is 22.2 Å². The molecule has 0 fully saturated rings. The maximum Gasteiger partial charge on any atom is 0.416 e. The van der Waals surface area contributed by atoms with Crippen LogP contribution in [0, 0.1) is 5.92 Å². The van der Waals surface area contributed by atoms with Crippen LogP contribution in [-0.4, -0.2) is 48.5 Å². The summed E-state index contributed by atoms with van der Waals surface area (Å²) in [4.78, 5) is 44.0. The average Bonchev–Trinajstić information content (AvgIpc) is 2.92. The minimum Gasteiger partial charge on any atom is -0.345 e. The number of carbonyl (C=O) groups excluding carboxylic acids is 3. The van der Waals surface area contributed by atoms with Gasteiger partial charge in [-0.3, -0.25) is 14.4 Å². The standard InChI is InChI=1S/C29H33ClF4N4O3S/c1-7-8-11-22(26(39)37-21-14-19(28(41)38(5)6)13-20(15-21)29(32,33)34)42-18(4)17(3)36-27(40)25-23(30)24(31)16(2)10-9-12-35-25/h9,11-17H,4,7-8,10H2,1-3,5-6H3,(H,36,40)(H,37,39)/b12-9+,22-11-,24-23-,35-25+. The first-order valence-corrected chi connectivity index (χ1v) is 14.2. The van der Waals surface area contributed by atoms with Crippen LogP contribution in [0.4, 0.5) is 23.2 Å². The summed E-state index contributed by atoms with van der Waals surface area (Å²) in [6.45, 7) is 9.02. The van der Waals surface area contributed by atoms with Gasteiger partial charge in [0.05, 0.1) is 16.5 Å². The molecule has 228 valence electrons. The Morgan fingerprint density at radius 2 is 1.93 bits per heavy atom. The number of unbranched alkanes of at least 4 members (excludes halogenated alkanes) is 1. The van der Waals surface area contributed by atoms with E-state index in [1.807, 2.05) is 6.92 Å². The molecule has 1 aliphatic heterocycles. The Kier molecular flexibility index (Phi) is 12.6. The number of hydrogen-bond acceptors (Lipinski definition) is 5. The summed E-state index contributed by atoms with van der Waals surface area (Å²) in [7, 11) is 2.80. The Morgan fingerprint density at radius 3 is 2.52 bits per heavy atom. The van der Waals surface area contributed by atoms with Gasteiger partial charge in [-0.2, -0.15) is 13.2 Å². The van der Waals surface area contributed by atoms with Crippen molar-refractivity contribution in [2.24, 2.45) is 10.9 Å². The van der Waals surface area contributed by atoms with Crippen LogP contribution in [0.25, 0.3) is 0 Å². The van der Waals surface area contributed by atoms with Gasteiger partial charge in [0.2, 0.25) is 0 Å². The third-order valence-corrected chi connectivity index (χ3v) is 7.50. The number of alkyl halides is 3. The van der Waals surface area contributed by atoms with Gasteiger partial charge in [-0.05, 0) is 38.0 Å². The largest absolute Gasteiger partial charge is 0.416 e. The van der Waals surface area contributed by atoms with E-state index in [4.69, 9.17) is 11.6 Å². The molecule has 0 saturated heterocycles. The van der Waals surface area contributed by atoms with E-state index in [1.165, 1.54) is 20.3 Å². The molecule has 1 aliphatic rings. The fraction of sp³-hybridized carbons (Fsp3) is 0.379. The van der Waals surface area contributed by atoms with Crippen LogP contribution < -0.4 is 10.6 Å². The van der Waals surface area contributed by atoms with Gasteiger partial charge in [0.1, 0.15) is 16.6 Å². The zero-order valence-electron chi connectivity index (χ0n) is 23.9. The molecular formula is C29H33ClF4N4O3S. The first kappa shape index (κ1) is 34.8. The molecule has 0 aromatic heterocycles. The third kappa shape index (κ3) is 9.59. The molecule has 2 rings (SSSR count). The van der Waals surface area contributed by atoms with Crippen molar-refractivity contribution in [1.82, 2.24) is 10.2 Å². The summed E-state index contributed by atoms with van der Waals surface area (Å²) in [5.41, 5.74) is -1.87. The summed E-state index contributed by atoms with van der Waals surface area (Å²) in [5.74, 6) is -3.35. The highest BCUT2D eigenvalue weighted by Gasteiger charge is 2.32. The van der Waals surface area contributed by atoms with Crippen LogP contribution in [-0.2, 0) is 15.8 Å². The second kappa shape index (κ2) is 15.2. The SMILES string of the molecule is C=C(S/C(=C\CCC)C(=O)Nc1cc(C(=O)N(C)C)cc(C(F)(F)F)c1)C(C)NC(=O)C1=N/C=C/CC(C)/C(F)=C\1Cl. The zero-order chi connectivity index (χ0) is 31.8. The molecule has 42 heavy (non-hydrogen) atoms. The number of allylic oxidation sites excluding steroid dienone is 3. The van der Waals surface area contributed by atoms with E-state index in [-0.39, 0.29) is 21.9 Å². The van der Waals surface area contributed by atoms with Gasteiger partial charge >= 0.3 is 6.18 Å². The van der Waals surface area contributed by atoms with Gasteiger partial charge in [0, 0.05) is 42.4 Å². The van der Waals surface area contributed by atoms with Gasteiger partial charge in [-0.1, -0.05) is 62.4 Å². The predicted molar refractivity (Wildman–Crippen MR) is 160 cm³/mol. The number of nitrogens with zero attached hydrogens (tertiary/aromatic N) is 2. The van der Waals surface area contributed by atoms with Gasteiger partial charge in [0.25, 0.3) is 17.7 Å². The van der Waals surface area contributed by atoms with Crippen molar-refractivity contribution in [3.8, 4) is 0 Å². The van der Waals surface area contributed by atoms with Gasteiger partial charge < -0.3 is 15.5 Å². The van der Waals surface area contributed by atoms with E-state index < -0.39 is 52.3 Å². The Hall–Kier alpha value is -3.38. The number of amides is 3. The summed E-state index contributed by atoms with van der Waals surface area (Å²) < 4.78 is 55.2. The minimum absolute atomic E-state index is 0.116. The molecule has 1 aromatic rings. The van der Waals surface area contributed by atoms with Gasteiger partial charge in [-0.25, -0.2) is 9.38 Å². The molecule has 0 aliphatic carbocycles. The van der Waals surface area contributed by atoms with Crippen molar-refractivity contribution in [2.45, 2.75) is 52.3 Å². The molecule has 7 nitrogen and oxygen atoms in total. The fourth-order valence-corrected chi connectivity index (χ4v) is 4.69. The summed E-state index contributed by atoms with van der Waals surface area (Å²) in [6, 6.07) is 1.87. The predicted octanol–water partition coefficient (Wildman–Crippen LogP) is 7.20. The maximum atomic E-state index is 14.6. The number of aliphatic imine (C=N–C) groups is 1. The van der Waals surface area contributed by atoms with Crippen LogP contribution in [0.15, 0.2) is 68.8 Å². The lowest BCUT2D eigenvalue weighted by atomic mass is 10.0. The van der Waals surface area contributed by atoms with E-state index >= 15 is 0 Å². The topological polar surface area (TPSA) is 90.9 Å². The molecule has 1 aromatic carbocycles. The molecule has 2 unspecified atom stereocenters. The van der Waals surface area contributed by atoms with E-state index in [1.54, 1.807) is 26.0 Å². The Balaban J connectivity index is 2.26. The number of hydrogen-bond donors (Lipinski definition) is 2. The Bertz CT molecular complexity index is 1350. The van der Waals surface area contributed by atoms with E-state index in [0.29, 0.717) is 24.2 Å². The molecule has 0 bridgehead atoms. The highest BCUT2D eigenvalue weighted by Crippen LogP contribution is 2.34. The number of anilines is 1. The van der Waals surface area contributed by atoms with Crippen LogP contribution >= 0.6 is 23.4 Å². The summed E-state index contributed by atoms with van der Waals surface area (Å²) >= 11 is 7.02. The molecule has 2 atom stereocenters. The summed E-state index contributed by atoms with van der Waals surface area (Å²) in [6.07, 6.45) is 1.34. The highest BCUT2D eigenvalue weighted by molar-refractivity contribution is 8.07. The minimum atomic E-state index is -4.75. The van der Waals surface area contributed by atoms with Crippen molar-refractivity contribution >= 4 is 52.5 Å². The molecular weight excluding hydrogens is 596 g/mol. The van der Waals surface area contributed by atoms with E-state index in [9.17, 15) is 31.9 Å². The van der Waals surface area contributed by atoms with Crippen molar-refractivity contribution in [3.63, 3.8) is 0 Å². The summed E-state index contributed by atoms with van der Waals surface area (Å²) in [5, 5.41) is 4.68. The molecule has 0 spiro atoms.